The van der Waals surface area contributed by atoms with Gasteiger partial charge in [-0.2, -0.15) is 0 Å². The number of allylic oxidation sites excluding steroid dienone is 2. The van der Waals surface area contributed by atoms with Crippen LogP contribution in [0.2, 0.25) is 0 Å². The number of aliphatic hydroxyl groups excluding tert-OH is 1. The van der Waals surface area contributed by atoms with Gasteiger partial charge in [0.2, 0.25) is 5.91 Å². The van der Waals surface area contributed by atoms with Gasteiger partial charge in [0, 0.05) is 19.4 Å². The number of hydrogen-bond donors (Lipinski definition) is 3. The SMILES string of the molecule is CCCCCCCC/C=C/CCCCCCCCCCCCCCCC(=O)OCC(O)COP(=O)(O)OCCNC(=O)CCCCCCCCCCCCCCCCCCCCC. The Labute approximate surface area is 389 Å². The zero-order valence-corrected chi connectivity index (χ0v) is 42.4. The number of amides is 1. The molecule has 63 heavy (non-hydrogen) atoms. The van der Waals surface area contributed by atoms with E-state index in [0.29, 0.717) is 6.42 Å². The van der Waals surface area contributed by atoms with E-state index in [0.717, 1.165) is 38.5 Å². The third kappa shape index (κ3) is 51.6. The van der Waals surface area contributed by atoms with Gasteiger partial charge >= 0.3 is 13.8 Å². The van der Waals surface area contributed by atoms with Gasteiger partial charge in [0.15, 0.2) is 0 Å². The van der Waals surface area contributed by atoms with Crippen LogP contribution in [0.5, 0.6) is 0 Å². The molecule has 0 radical (unpaired) electrons. The van der Waals surface area contributed by atoms with Gasteiger partial charge in [-0.05, 0) is 38.5 Å². The van der Waals surface area contributed by atoms with Crippen LogP contribution in [0.25, 0.3) is 0 Å². The molecule has 0 aliphatic rings. The summed E-state index contributed by atoms with van der Waals surface area (Å²) in [6, 6.07) is 0. The van der Waals surface area contributed by atoms with Gasteiger partial charge in [0.05, 0.1) is 13.2 Å². The van der Waals surface area contributed by atoms with Crippen LogP contribution >= 0.6 is 7.82 Å². The number of esters is 1. The van der Waals surface area contributed by atoms with E-state index in [-0.39, 0.29) is 32.1 Å². The highest BCUT2D eigenvalue weighted by Crippen LogP contribution is 2.42. The molecule has 10 heteroatoms. The average molecular weight is 914 g/mol. The number of phosphoric ester groups is 1. The summed E-state index contributed by atoms with van der Waals surface area (Å²) >= 11 is 0. The zero-order valence-electron chi connectivity index (χ0n) is 41.6. The van der Waals surface area contributed by atoms with Crippen LogP contribution in [-0.4, -0.2) is 54.3 Å². The second-order valence-corrected chi connectivity index (χ2v) is 20.0. The molecule has 0 aromatic rings. The largest absolute Gasteiger partial charge is 0.472 e. The molecular weight excluding hydrogens is 810 g/mol. The van der Waals surface area contributed by atoms with Crippen LogP contribution < -0.4 is 5.32 Å². The Bertz CT molecular complexity index is 1040. The van der Waals surface area contributed by atoms with Crippen molar-refractivity contribution < 1.29 is 37.9 Å². The minimum absolute atomic E-state index is 0.0875. The minimum Gasteiger partial charge on any atom is -0.463 e. The van der Waals surface area contributed by atoms with E-state index in [1.807, 2.05) is 0 Å². The maximum absolute atomic E-state index is 12.2. The number of aliphatic hydroxyl groups is 1. The van der Waals surface area contributed by atoms with Gasteiger partial charge in [-0.25, -0.2) is 4.57 Å². The Morgan fingerprint density at radius 2 is 0.810 bits per heavy atom. The summed E-state index contributed by atoms with van der Waals surface area (Å²) in [5, 5.41) is 12.8. The minimum atomic E-state index is -4.42. The highest BCUT2D eigenvalue weighted by atomic mass is 31.2. The summed E-state index contributed by atoms with van der Waals surface area (Å²) in [6.45, 7) is 3.62. The number of unbranched alkanes of at least 4 members (excludes halogenated alkanes) is 37. The van der Waals surface area contributed by atoms with E-state index in [1.54, 1.807) is 0 Å². The van der Waals surface area contributed by atoms with Crippen LogP contribution in [0.1, 0.15) is 284 Å². The molecule has 9 nitrogen and oxygen atoms in total. The fraction of sp³-hybridized carbons (Fsp3) is 0.925. The molecule has 0 aliphatic heterocycles. The molecule has 3 N–H and O–H groups in total. The van der Waals surface area contributed by atoms with Crippen molar-refractivity contribution in [2.75, 3.05) is 26.4 Å². The topological polar surface area (TPSA) is 131 Å². The lowest BCUT2D eigenvalue weighted by Crippen LogP contribution is -2.27. The molecule has 0 saturated heterocycles. The Hall–Kier alpha value is -1.25. The Balaban J connectivity index is 3.50. The molecule has 0 rings (SSSR count). The smallest absolute Gasteiger partial charge is 0.463 e. The maximum Gasteiger partial charge on any atom is 0.472 e. The molecule has 0 aromatic carbocycles. The summed E-state index contributed by atoms with van der Waals surface area (Å²) in [4.78, 5) is 34.1. The molecule has 0 saturated carbocycles. The molecule has 0 spiro atoms. The lowest BCUT2D eigenvalue weighted by atomic mass is 10.0. The first-order chi connectivity index (χ1) is 30.8. The molecule has 374 valence electrons. The summed E-state index contributed by atoms with van der Waals surface area (Å²) in [5.74, 6) is -0.500. The molecule has 2 unspecified atom stereocenters. The van der Waals surface area contributed by atoms with Crippen molar-refractivity contribution in [2.24, 2.45) is 0 Å². The zero-order chi connectivity index (χ0) is 46.0. The molecule has 0 aromatic heterocycles. The fourth-order valence-corrected chi connectivity index (χ4v) is 8.84. The van der Waals surface area contributed by atoms with Gasteiger partial charge < -0.3 is 20.1 Å². The fourth-order valence-electron chi connectivity index (χ4n) is 8.09. The normalized spacial score (nSPS) is 13.1. The molecule has 2 atom stereocenters. The highest BCUT2D eigenvalue weighted by Gasteiger charge is 2.23. The summed E-state index contributed by atoms with van der Waals surface area (Å²) in [7, 11) is -4.42. The number of nitrogens with one attached hydrogen (secondary N) is 1. The Morgan fingerprint density at radius 3 is 1.19 bits per heavy atom. The number of carbonyl (C=O) groups is 2. The molecule has 0 heterocycles. The first-order valence-electron chi connectivity index (χ1n) is 27.2. The van der Waals surface area contributed by atoms with Crippen molar-refractivity contribution in [3.8, 4) is 0 Å². The van der Waals surface area contributed by atoms with Crippen molar-refractivity contribution in [3.05, 3.63) is 12.2 Å². The van der Waals surface area contributed by atoms with Gasteiger partial charge in [0.1, 0.15) is 12.7 Å². The van der Waals surface area contributed by atoms with E-state index < -0.39 is 26.5 Å². The lowest BCUT2D eigenvalue weighted by molar-refractivity contribution is -0.147. The average Bonchev–Trinajstić information content (AvgIpc) is 3.27. The van der Waals surface area contributed by atoms with Crippen molar-refractivity contribution in [1.82, 2.24) is 5.32 Å². The molecule has 0 fully saturated rings. The van der Waals surface area contributed by atoms with E-state index in [9.17, 15) is 24.2 Å². The number of hydrogen-bond acceptors (Lipinski definition) is 7. The number of ether oxygens (including phenoxy) is 1. The number of rotatable bonds is 52. The van der Waals surface area contributed by atoms with Gasteiger partial charge in [0.25, 0.3) is 0 Å². The van der Waals surface area contributed by atoms with E-state index in [1.165, 1.54) is 218 Å². The lowest BCUT2D eigenvalue weighted by Gasteiger charge is -2.15. The summed E-state index contributed by atoms with van der Waals surface area (Å²) in [6.07, 6.45) is 55.9. The van der Waals surface area contributed by atoms with Crippen molar-refractivity contribution in [3.63, 3.8) is 0 Å². The predicted octanol–water partition coefficient (Wildman–Crippen LogP) is 16.1. The monoisotopic (exact) mass is 914 g/mol. The van der Waals surface area contributed by atoms with E-state index in [4.69, 9.17) is 13.8 Å². The highest BCUT2D eigenvalue weighted by molar-refractivity contribution is 7.47. The standard InChI is InChI=1S/C53H104NO8P/c1-3-5-7-9-11-13-15-17-19-21-23-24-25-26-28-30-32-34-36-38-40-42-44-46-53(57)60-49-51(55)50-62-63(58,59)61-48-47-54-52(56)45-43-41-39-37-35-33-31-29-27-22-20-18-16-14-12-10-8-6-4-2/h17,19,51,55H,3-16,18,20-50H2,1-2H3,(H,54,56)(H,58,59)/b19-17+. The first kappa shape index (κ1) is 61.8. The summed E-state index contributed by atoms with van der Waals surface area (Å²) in [5.41, 5.74) is 0. The number of phosphoric acid groups is 1. The molecular formula is C53H104NO8P. The second kappa shape index (κ2) is 50.2. The molecule has 0 bridgehead atoms. The van der Waals surface area contributed by atoms with Gasteiger partial charge in [-0.15, -0.1) is 0 Å². The summed E-state index contributed by atoms with van der Waals surface area (Å²) < 4.78 is 27.0. The second-order valence-electron chi connectivity index (χ2n) is 18.6. The van der Waals surface area contributed by atoms with Crippen molar-refractivity contribution in [1.29, 1.82) is 0 Å². The van der Waals surface area contributed by atoms with Crippen LogP contribution in [0, 0.1) is 0 Å². The maximum atomic E-state index is 12.2. The third-order valence-electron chi connectivity index (χ3n) is 12.2. The van der Waals surface area contributed by atoms with Crippen LogP contribution in [0.15, 0.2) is 12.2 Å². The van der Waals surface area contributed by atoms with Crippen molar-refractivity contribution >= 4 is 19.7 Å². The first-order valence-corrected chi connectivity index (χ1v) is 28.7. The predicted molar refractivity (Wildman–Crippen MR) is 266 cm³/mol. The third-order valence-corrected chi connectivity index (χ3v) is 13.2. The van der Waals surface area contributed by atoms with Gasteiger partial charge in [-0.1, -0.05) is 244 Å². The molecule has 1 amide bonds. The molecule has 0 aliphatic carbocycles. The quantitative estimate of drug-likeness (QED) is 0.0238. The number of carbonyl (C=O) groups excluding carboxylic acids is 2. The van der Waals surface area contributed by atoms with Crippen LogP contribution in [0.3, 0.4) is 0 Å². The van der Waals surface area contributed by atoms with Crippen LogP contribution in [0.4, 0.5) is 0 Å². The van der Waals surface area contributed by atoms with E-state index >= 15 is 0 Å². The van der Waals surface area contributed by atoms with Crippen LogP contribution in [-0.2, 0) is 27.9 Å². The van der Waals surface area contributed by atoms with E-state index in [2.05, 4.69) is 31.3 Å². The Morgan fingerprint density at radius 1 is 0.476 bits per heavy atom. The van der Waals surface area contributed by atoms with Gasteiger partial charge in [-0.3, -0.25) is 18.6 Å². The Kier molecular flexibility index (Phi) is 49.2. The van der Waals surface area contributed by atoms with Crippen molar-refractivity contribution in [2.45, 2.75) is 290 Å².